The number of hydrogen-bond acceptors (Lipinski definition) is 8. The quantitative estimate of drug-likeness (QED) is 0.0274. The van der Waals surface area contributed by atoms with Crippen molar-refractivity contribution in [3.63, 3.8) is 0 Å². The van der Waals surface area contributed by atoms with Gasteiger partial charge < -0.3 is 40.3 Å². The van der Waals surface area contributed by atoms with Gasteiger partial charge in [0.05, 0.1) is 25.4 Å². The van der Waals surface area contributed by atoms with E-state index in [-0.39, 0.29) is 12.5 Å². The Bertz CT molecular complexity index is 941. The van der Waals surface area contributed by atoms with Crippen LogP contribution in [-0.4, -0.2) is 87.5 Å². The summed E-state index contributed by atoms with van der Waals surface area (Å²) in [6.45, 7) is 3.73. The smallest absolute Gasteiger partial charge is 0.220 e. The van der Waals surface area contributed by atoms with Gasteiger partial charge in [-0.3, -0.25) is 4.79 Å². The molecule has 1 heterocycles. The average molecular weight is 766 g/mol. The fourth-order valence-corrected chi connectivity index (χ4v) is 6.83. The van der Waals surface area contributed by atoms with Crippen LogP contribution in [0.5, 0.6) is 0 Å². The first-order valence-electron chi connectivity index (χ1n) is 22.2. The Kier molecular flexibility index (Phi) is 33.4. The summed E-state index contributed by atoms with van der Waals surface area (Å²) in [5, 5.41) is 54.1. The predicted octanol–water partition coefficient (Wildman–Crippen LogP) is 8.89. The van der Waals surface area contributed by atoms with E-state index in [9.17, 15) is 30.3 Å². The fraction of sp³-hybridized carbons (Fsp3) is 0.844. The third-order valence-corrected chi connectivity index (χ3v) is 10.4. The highest BCUT2D eigenvalue weighted by atomic mass is 16.7. The third kappa shape index (κ3) is 26.3. The maximum atomic E-state index is 12.9. The van der Waals surface area contributed by atoms with Gasteiger partial charge in [-0.2, -0.15) is 0 Å². The van der Waals surface area contributed by atoms with Crippen LogP contribution in [0.2, 0.25) is 0 Å². The Morgan fingerprint density at radius 1 is 0.611 bits per heavy atom. The Balaban J connectivity index is 2.42. The van der Waals surface area contributed by atoms with Crippen LogP contribution in [0.3, 0.4) is 0 Å². The van der Waals surface area contributed by atoms with Crippen molar-refractivity contribution in [1.29, 1.82) is 0 Å². The molecule has 1 saturated heterocycles. The minimum atomic E-state index is -1.57. The predicted molar refractivity (Wildman–Crippen MR) is 221 cm³/mol. The Hall–Kier alpha value is -1.59. The van der Waals surface area contributed by atoms with Gasteiger partial charge in [-0.15, -0.1) is 0 Å². The van der Waals surface area contributed by atoms with Crippen molar-refractivity contribution in [3.05, 3.63) is 36.5 Å². The average Bonchev–Trinajstić information content (AvgIpc) is 3.17. The molecule has 0 aliphatic carbocycles. The number of unbranched alkanes of at least 4 members (excludes halogenated alkanes) is 22. The number of allylic oxidation sites excluding steroid dienone is 5. The molecule has 1 aliphatic rings. The molecule has 0 bridgehead atoms. The first kappa shape index (κ1) is 50.4. The van der Waals surface area contributed by atoms with Crippen LogP contribution in [0.4, 0.5) is 0 Å². The van der Waals surface area contributed by atoms with E-state index < -0.39 is 49.5 Å². The maximum absolute atomic E-state index is 12.9. The number of ether oxygens (including phenoxy) is 2. The second-order valence-corrected chi connectivity index (χ2v) is 15.5. The highest BCUT2D eigenvalue weighted by Crippen LogP contribution is 2.22. The number of carbonyl (C=O) groups excluding carboxylic acids is 1. The third-order valence-electron chi connectivity index (χ3n) is 10.4. The molecule has 0 aromatic rings. The van der Waals surface area contributed by atoms with E-state index in [1.54, 1.807) is 6.08 Å². The van der Waals surface area contributed by atoms with Crippen molar-refractivity contribution in [3.8, 4) is 0 Å². The highest BCUT2D eigenvalue weighted by Gasteiger charge is 2.44. The normalized spacial score (nSPS) is 21.8. The molecule has 0 aromatic carbocycles. The highest BCUT2D eigenvalue weighted by molar-refractivity contribution is 5.76. The van der Waals surface area contributed by atoms with Gasteiger partial charge in [0, 0.05) is 6.42 Å². The number of aliphatic hydroxyl groups is 5. The monoisotopic (exact) mass is 766 g/mol. The van der Waals surface area contributed by atoms with E-state index in [2.05, 4.69) is 43.5 Å². The van der Waals surface area contributed by atoms with E-state index in [1.165, 1.54) is 116 Å². The summed E-state index contributed by atoms with van der Waals surface area (Å²) < 4.78 is 11.2. The molecule has 9 heteroatoms. The molecular weight excluding hydrogens is 682 g/mol. The van der Waals surface area contributed by atoms with Gasteiger partial charge in [-0.1, -0.05) is 172 Å². The van der Waals surface area contributed by atoms with E-state index in [0.29, 0.717) is 6.42 Å². The van der Waals surface area contributed by atoms with E-state index in [1.807, 2.05) is 6.08 Å². The van der Waals surface area contributed by atoms with E-state index >= 15 is 0 Å². The molecule has 1 fully saturated rings. The largest absolute Gasteiger partial charge is 0.394 e. The van der Waals surface area contributed by atoms with E-state index in [4.69, 9.17) is 9.47 Å². The van der Waals surface area contributed by atoms with Crippen LogP contribution in [0.15, 0.2) is 36.5 Å². The number of carbonyl (C=O) groups is 1. The molecule has 0 aromatic heterocycles. The standard InChI is InChI=1S/C45H83NO8/c1-3-5-7-9-11-13-15-17-19-21-22-24-26-28-30-32-34-39(48)38(37-53-45-44(52)43(51)42(50)40(36-47)54-45)46-41(49)35-33-31-29-27-25-23-20-18-16-14-12-10-8-6-4-2/h17,19,24,26,32,34,38-40,42-45,47-48,50-52H,3-16,18,20-23,25,27-31,33,35-37H2,1-2H3,(H,46,49)/b19-17+,26-24+,34-32+. The molecule has 54 heavy (non-hydrogen) atoms. The van der Waals surface area contributed by atoms with Gasteiger partial charge in [0.25, 0.3) is 0 Å². The summed E-state index contributed by atoms with van der Waals surface area (Å²) in [5.41, 5.74) is 0. The Morgan fingerprint density at radius 3 is 1.56 bits per heavy atom. The summed E-state index contributed by atoms with van der Waals surface area (Å²) in [6.07, 6.45) is 36.1. The van der Waals surface area contributed by atoms with Crippen LogP contribution >= 0.6 is 0 Å². The van der Waals surface area contributed by atoms with Crippen LogP contribution in [-0.2, 0) is 14.3 Å². The zero-order chi connectivity index (χ0) is 39.5. The number of nitrogens with one attached hydrogen (secondary N) is 1. The van der Waals surface area contributed by atoms with Crippen molar-refractivity contribution in [2.24, 2.45) is 0 Å². The molecule has 1 aliphatic heterocycles. The number of hydrogen-bond donors (Lipinski definition) is 6. The van der Waals surface area contributed by atoms with Crippen LogP contribution in [0.1, 0.15) is 187 Å². The second-order valence-electron chi connectivity index (χ2n) is 15.5. The van der Waals surface area contributed by atoms with Gasteiger partial charge in [0.15, 0.2) is 6.29 Å². The molecule has 1 rings (SSSR count). The molecule has 0 saturated carbocycles. The first-order chi connectivity index (χ1) is 26.3. The zero-order valence-electron chi connectivity index (χ0n) is 34.5. The Morgan fingerprint density at radius 2 is 1.06 bits per heavy atom. The van der Waals surface area contributed by atoms with Crippen molar-refractivity contribution in [2.75, 3.05) is 13.2 Å². The molecule has 0 spiro atoms. The SMILES string of the molecule is CCCCCCCC/C=C/CC/C=C/CC/C=C/C(O)C(COC1OC(CO)C(O)C(O)C1O)NC(=O)CCCCCCCCCCCCCCCCC. The van der Waals surface area contributed by atoms with Crippen LogP contribution in [0.25, 0.3) is 0 Å². The molecule has 0 radical (unpaired) electrons. The molecular formula is C45H83NO8. The lowest BCUT2D eigenvalue weighted by Gasteiger charge is -2.40. The van der Waals surface area contributed by atoms with E-state index in [0.717, 1.165) is 51.4 Å². The zero-order valence-corrected chi connectivity index (χ0v) is 34.5. The molecule has 9 nitrogen and oxygen atoms in total. The minimum Gasteiger partial charge on any atom is -0.394 e. The van der Waals surface area contributed by atoms with Crippen LogP contribution < -0.4 is 5.32 Å². The molecule has 7 unspecified atom stereocenters. The van der Waals surface area contributed by atoms with Crippen molar-refractivity contribution < 1.29 is 39.8 Å². The number of amides is 1. The molecule has 7 atom stereocenters. The van der Waals surface area contributed by atoms with Gasteiger partial charge >= 0.3 is 0 Å². The van der Waals surface area contributed by atoms with Crippen molar-refractivity contribution >= 4 is 5.91 Å². The number of aliphatic hydroxyl groups excluding tert-OH is 5. The lowest BCUT2D eigenvalue weighted by atomic mass is 9.99. The maximum Gasteiger partial charge on any atom is 0.220 e. The van der Waals surface area contributed by atoms with Crippen LogP contribution in [0, 0.1) is 0 Å². The molecule has 6 N–H and O–H groups in total. The topological polar surface area (TPSA) is 149 Å². The lowest BCUT2D eigenvalue weighted by molar-refractivity contribution is -0.302. The van der Waals surface area contributed by atoms with Crippen molar-refractivity contribution in [2.45, 2.75) is 230 Å². The first-order valence-corrected chi connectivity index (χ1v) is 22.2. The second kappa shape index (κ2) is 35.8. The van der Waals surface area contributed by atoms with Gasteiger partial charge in [0.1, 0.15) is 24.4 Å². The van der Waals surface area contributed by atoms with Crippen molar-refractivity contribution in [1.82, 2.24) is 5.32 Å². The lowest BCUT2D eigenvalue weighted by Crippen LogP contribution is -2.60. The van der Waals surface area contributed by atoms with Gasteiger partial charge in [-0.25, -0.2) is 0 Å². The summed E-state index contributed by atoms with van der Waals surface area (Å²) in [6, 6.07) is -0.823. The Labute approximate surface area is 330 Å². The fourth-order valence-electron chi connectivity index (χ4n) is 6.83. The minimum absolute atomic E-state index is 0.191. The molecule has 1 amide bonds. The molecule has 316 valence electrons. The summed E-state index contributed by atoms with van der Waals surface area (Å²) in [4.78, 5) is 12.9. The number of rotatable bonds is 36. The summed E-state index contributed by atoms with van der Waals surface area (Å²) >= 11 is 0. The van der Waals surface area contributed by atoms with Gasteiger partial charge in [0.2, 0.25) is 5.91 Å². The summed E-state index contributed by atoms with van der Waals surface area (Å²) in [5.74, 6) is -0.191. The summed E-state index contributed by atoms with van der Waals surface area (Å²) in [7, 11) is 0. The van der Waals surface area contributed by atoms with Gasteiger partial charge in [-0.05, 0) is 44.9 Å².